The molecule has 8 nitrogen and oxygen atoms in total. The summed E-state index contributed by atoms with van der Waals surface area (Å²) in [5, 5.41) is 5.08. The van der Waals surface area contributed by atoms with E-state index in [2.05, 4.69) is 10.6 Å². The highest BCUT2D eigenvalue weighted by atomic mass is 32.2. The van der Waals surface area contributed by atoms with E-state index in [1.807, 2.05) is 13.8 Å². The number of benzene rings is 1. The summed E-state index contributed by atoms with van der Waals surface area (Å²) >= 11 is 0. The molecule has 0 aliphatic carbocycles. The van der Waals surface area contributed by atoms with Crippen LogP contribution in [0.1, 0.15) is 26.7 Å². The maximum absolute atomic E-state index is 12.9. The summed E-state index contributed by atoms with van der Waals surface area (Å²) in [4.78, 5) is 23.8. The van der Waals surface area contributed by atoms with Crippen LogP contribution < -0.4 is 15.4 Å². The predicted octanol–water partition coefficient (Wildman–Crippen LogP) is 0.737. The van der Waals surface area contributed by atoms with Crippen LogP contribution in [-0.2, 0) is 19.6 Å². The number of nitrogens with zero attached hydrogens (tertiary/aromatic N) is 1. The normalized spacial score (nSPS) is 17.7. The van der Waals surface area contributed by atoms with Crippen molar-refractivity contribution in [3.05, 3.63) is 24.3 Å². The third kappa shape index (κ3) is 5.43. The van der Waals surface area contributed by atoms with Crippen molar-refractivity contribution in [3.8, 4) is 5.75 Å². The van der Waals surface area contributed by atoms with E-state index in [4.69, 9.17) is 4.74 Å². The van der Waals surface area contributed by atoms with E-state index in [1.165, 1.54) is 23.5 Å². The van der Waals surface area contributed by atoms with E-state index in [-0.39, 0.29) is 23.4 Å². The molecular weight excluding hydrogens is 370 g/mol. The number of carbonyl (C=O) groups excluding carboxylic acids is 2. The molecule has 0 aromatic heterocycles. The van der Waals surface area contributed by atoms with Gasteiger partial charge in [-0.05, 0) is 43.0 Å². The Kier molecular flexibility index (Phi) is 7.20. The van der Waals surface area contributed by atoms with Gasteiger partial charge in [0.1, 0.15) is 5.75 Å². The molecule has 1 aliphatic heterocycles. The van der Waals surface area contributed by atoms with Crippen LogP contribution in [0.25, 0.3) is 0 Å². The predicted molar refractivity (Wildman–Crippen MR) is 101 cm³/mol. The Morgan fingerprint density at radius 3 is 2.41 bits per heavy atom. The van der Waals surface area contributed by atoms with Gasteiger partial charge in [-0.25, -0.2) is 8.42 Å². The van der Waals surface area contributed by atoms with E-state index in [1.54, 1.807) is 12.1 Å². The van der Waals surface area contributed by atoms with Crippen molar-refractivity contribution in [2.45, 2.75) is 37.6 Å². The lowest BCUT2D eigenvalue weighted by molar-refractivity contribution is -0.139. The van der Waals surface area contributed by atoms with Gasteiger partial charge in [-0.1, -0.05) is 13.8 Å². The number of nitrogens with one attached hydrogen (secondary N) is 2. The summed E-state index contributed by atoms with van der Waals surface area (Å²) < 4.78 is 32.2. The fraction of sp³-hybridized carbons (Fsp3) is 0.556. The highest BCUT2D eigenvalue weighted by Crippen LogP contribution is 2.26. The van der Waals surface area contributed by atoms with Crippen LogP contribution in [-0.4, -0.2) is 57.3 Å². The lowest BCUT2D eigenvalue weighted by Crippen LogP contribution is -2.47. The van der Waals surface area contributed by atoms with Gasteiger partial charge in [0.15, 0.2) is 0 Å². The first kappa shape index (κ1) is 21.2. The van der Waals surface area contributed by atoms with Gasteiger partial charge in [0.05, 0.1) is 12.0 Å². The first-order valence-electron chi connectivity index (χ1n) is 8.97. The Labute approximate surface area is 160 Å². The van der Waals surface area contributed by atoms with Crippen molar-refractivity contribution < 1.29 is 22.7 Å². The first-order valence-corrected chi connectivity index (χ1v) is 10.4. The summed E-state index contributed by atoms with van der Waals surface area (Å²) in [6.07, 6.45) is 1.33. The largest absolute Gasteiger partial charge is 0.497 e. The number of methoxy groups -OCH3 is 1. The third-order valence-corrected chi connectivity index (χ3v) is 6.33. The van der Waals surface area contributed by atoms with Crippen LogP contribution in [0.5, 0.6) is 5.75 Å². The molecule has 0 bridgehead atoms. The molecule has 1 saturated heterocycles. The maximum atomic E-state index is 12.9. The fourth-order valence-corrected chi connectivity index (χ4v) is 4.57. The molecule has 150 valence electrons. The van der Waals surface area contributed by atoms with Crippen molar-refractivity contribution in [2.24, 2.45) is 5.92 Å². The monoisotopic (exact) mass is 397 g/mol. The Bertz CT molecular complexity index is 762. The number of amides is 2. The second-order valence-electron chi connectivity index (χ2n) is 6.90. The minimum atomic E-state index is -3.68. The topological polar surface area (TPSA) is 105 Å². The molecule has 1 heterocycles. The zero-order valence-corrected chi connectivity index (χ0v) is 16.7. The highest BCUT2D eigenvalue weighted by Gasteiger charge is 2.35. The quantitative estimate of drug-likeness (QED) is 0.660. The Balaban J connectivity index is 1.99. The maximum Gasteiger partial charge on any atom is 0.309 e. The fourth-order valence-electron chi connectivity index (χ4n) is 2.88. The van der Waals surface area contributed by atoms with Gasteiger partial charge in [0, 0.05) is 25.7 Å². The van der Waals surface area contributed by atoms with E-state index in [0.717, 1.165) is 0 Å². The van der Waals surface area contributed by atoms with Crippen LogP contribution in [0.3, 0.4) is 0 Å². The van der Waals surface area contributed by atoms with Crippen LogP contribution >= 0.6 is 0 Å². The van der Waals surface area contributed by atoms with Crippen LogP contribution in [0.4, 0.5) is 0 Å². The number of rotatable bonds is 7. The van der Waals surface area contributed by atoms with Crippen LogP contribution in [0.15, 0.2) is 29.2 Å². The van der Waals surface area contributed by atoms with Crippen molar-refractivity contribution in [1.29, 1.82) is 0 Å². The molecular formula is C18H27N3O5S. The lowest BCUT2D eigenvalue weighted by Gasteiger charge is -2.24. The van der Waals surface area contributed by atoms with Crippen LogP contribution in [0, 0.1) is 5.92 Å². The van der Waals surface area contributed by atoms with Gasteiger partial charge in [0.25, 0.3) is 0 Å². The second-order valence-corrected chi connectivity index (χ2v) is 8.79. The van der Waals surface area contributed by atoms with Crippen molar-refractivity contribution in [1.82, 2.24) is 14.9 Å². The van der Waals surface area contributed by atoms with E-state index < -0.39 is 21.8 Å². The summed E-state index contributed by atoms with van der Waals surface area (Å²) in [5.74, 6) is -0.635. The lowest BCUT2D eigenvalue weighted by atomic mass is 10.2. The van der Waals surface area contributed by atoms with E-state index >= 15 is 0 Å². The molecule has 2 N–H and O–H groups in total. The highest BCUT2D eigenvalue weighted by molar-refractivity contribution is 7.89. The molecule has 1 aromatic rings. The molecule has 1 aliphatic rings. The smallest absolute Gasteiger partial charge is 0.309 e. The Morgan fingerprint density at radius 1 is 1.19 bits per heavy atom. The molecule has 1 fully saturated rings. The molecule has 2 amide bonds. The molecule has 27 heavy (non-hydrogen) atoms. The molecule has 1 aromatic carbocycles. The second kappa shape index (κ2) is 9.18. The van der Waals surface area contributed by atoms with Gasteiger partial charge in [-0.3, -0.25) is 9.59 Å². The molecule has 1 atom stereocenters. The number of carbonyl (C=O) groups is 2. The van der Waals surface area contributed by atoms with E-state index in [0.29, 0.717) is 31.7 Å². The third-order valence-electron chi connectivity index (χ3n) is 4.36. The molecule has 1 unspecified atom stereocenters. The van der Waals surface area contributed by atoms with Gasteiger partial charge < -0.3 is 15.4 Å². The standard InChI is InChI=1S/C18H27N3O5S/c1-13(2)11-19-17(22)18(23)20-12-14-5-4-10-21(14)27(24,25)16-8-6-15(26-3)7-9-16/h6-9,13-14H,4-5,10-12H2,1-3H3,(H,19,22)(H,20,23). The molecule has 0 saturated carbocycles. The van der Waals surface area contributed by atoms with E-state index in [9.17, 15) is 18.0 Å². The molecule has 0 radical (unpaired) electrons. The molecule has 0 spiro atoms. The number of ether oxygens (including phenoxy) is 1. The zero-order valence-electron chi connectivity index (χ0n) is 15.9. The number of sulfonamides is 1. The summed E-state index contributed by atoms with van der Waals surface area (Å²) in [5.41, 5.74) is 0. The van der Waals surface area contributed by atoms with Crippen molar-refractivity contribution >= 4 is 21.8 Å². The summed E-state index contributed by atoms with van der Waals surface area (Å²) in [6, 6.07) is 5.82. The van der Waals surface area contributed by atoms with Gasteiger partial charge in [-0.2, -0.15) is 4.31 Å². The minimum absolute atomic E-state index is 0.101. The Morgan fingerprint density at radius 2 is 1.81 bits per heavy atom. The first-order chi connectivity index (χ1) is 12.8. The van der Waals surface area contributed by atoms with Crippen molar-refractivity contribution in [3.63, 3.8) is 0 Å². The summed E-state index contributed by atoms with van der Waals surface area (Å²) in [7, 11) is -2.16. The average Bonchev–Trinajstić information content (AvgIpc) is 3.13. The Hall–Kier alpha value is -2.13. The minimum Gasteiger partial charge on any atom is -0.497 e. The van der Waals surface area contributed by atoms with Gasteiger partial charge in [0.2, 0.25) is 10.0 Å². The van der Waals surface area contributed by atoms with Crippen LogP contribution in [0.2, 0.25) is 0 Å². The molecule has 9 heteroatoms. The number of hydrogen-bond donors (Lipinski definition) is 2. The number of hydrogen-bond acceptors (Lipinski definition) is 5. The molecule has 2 rings (SSSR count). The SMILES string of the molecule is COc1ccc(S(=O)(=O)N2CCCC2CNC(=O)C(=O)NCC(C)C)cc1. The zero-order chi connectivity index (χ0) is 20.0. The van der Waals surface area contributed by atoms with Gasteiger partial charge in [-0.15, -0.1) is 0 Å². The average molecular weight is 397 g/mol. The van der Waals surface area contributed by atoms with Crippen molar-refractivity contribution in [2.75, 3.05) is 26.7 Å². The van der Waals surface area contributed by atoms with Gasteiger partial charge >= 0.3 is 11.8 Å². The summed E-state index contributed by atoms with van der Waals surface area (Å²) in [6.45, 7) is 4.75.